The molecular weight excluding hydrogens is 326 g/mol. The van der Waals surface area contributed by atoms with E-state index in [1.54, 1.807) is 31.2 Å². The summed E-state index contributed by atoms with van der Waals surface area (Å²) in [5, 5.41) is 10.8. The standard InChI is InChI=1S/C19H18ClNO3/c1-11-7-15(22)14(10-21(2)3)19-17(11)18(23)16(24-19)9-12-5-4-6-13(20)8-12/h4-9,22H,10H2,1-3H3/b16-9-. The van der Waals surface area contributed by atoms with Crippen LogP contribution in [0.3, 0.4) is 0 Å². The number of allylic oxidation sites excluding steroid dienone is 1. The van der Waals surface area contributed by atoms with Gasteiger partial charge >= 0.3 is 0 Å². The molecule has 1 aliphatic rings. The van der Waals surface area contributed by atoms with Crippen LogP contribution in [0.15, 0.2) is 36.1 Å². The third kappa shape index (κ3) is 3.03. The Labute approximate surface area is 145 Å². The zero-order valence-corrected chi connectivity index (χ0v) is 14.5. The van der Waals surface area contributed by atoms with Gasteiger partial charge in [0.1, 0.15) is 11.5 Å². The number of hydrogen-bond acceptors (Lipinski definition) is 4. The lowest BCUT2D eigenvalue weighted by Gasteiger charge is -2.15. The summed E-state index contributed by atoms with van der Waals surface area (Å²) < 4.78 is 5.84. The van der Waals surface area contributed by atoms with Crippen molar-refractivity contribution < 1.29 is 14.6 Å². The van der Waals surface area contributed by atoms with Crippen LogP contribution in [0.5, 0.6) is 11.5 Å². The molecule has 2 aromatic carbocycles. The number of ether oxygens (including phenoxy) is 1. The Morgan fingerprint density at radius 1 is 1.29 bits per heavy atom. The van der Waals surface area contributed by atoms with Gasteiger partial charge in [0.15, 0.2) is 5.76 Å². The van der Waals surface area contributed by atoms with Crippen LogP contribution >= 0.6 is 11.6 Å². The third-order valence-electron chi connectivity index (χ3n) is 3.84. The van der Waals surface area contributed by atoms with Crippen molar-refractivity contribution >= 4 is 23.5 Å². The number of ketones is 1. The molecule has 0 unspecified atom stereocenters. The van der Waals surface area contributed by atoms with Gasteiger partial charge in [-0.1, -0.05) is 23.7 Å². The Hall–Kier alpha value is -2.30. The molecule has 0 radical (unpaired) electrons. The number of aryl methyl sites for hydroxylation is 1. The van der Waals surface area contributed by atoms with E-state index in [1.165, 1.54) is 0 Å². The van der Waals surface area contributed by atoms with E-state index in [0.717, 1.165) is 5.56 Å². The van der Waals surface area contributed by atoms with E-state index in [2.05, 4.69) is 0 Å². The molecule has 0 bridgehead atoms. The molecule has 2 aromatic rings. The van der Waals surface area contributed by atoms with E-state index in [9.17, 15) is 9.90 Å². The van der Waals surface area contributed by atoms with Gasteiger partial charge < -0.3 is 14.7 Å². The molecule has 24 heavy (non-hydrogen) atoms. The lowest BCUT2D eigenvalue weighted by Crippen LogP contribution is -2.12. The minimum atomic E-state index is -0.178. The first-order valence-corrected chi connectivity index (χ1v) is 7.94. The zero-order valence-electron chi connectivity index (χ0n) is 13.8. The molecule has 1 N–H and O–H groups in total. The summed E-state index contributed by atoms with van der Waals surface area (Å²) in [6, 6.07) is 8.81. The predicted octanol–water partition coefficient (Wildman–Crippen LogP) is 4.03. The minimum Gasteiger partial charge on any atom is -0.507 e. The Morgan fingerprint density at radius 2 is 2.04 bits per heavy atom. The van der Waals surface area contributed by atoms with Crippen LogP contribution in [-0.2, 0) is 6.54 Å². The average Bonchev–Trinajstić information content (AvgIpc) is 2.81. The fraction of sp³-hybridized carbons (Fsp3) is 0.211. The summed E-state index contributed by atoms with van der Waals surface area (Å²) in [6.45, 7) is 2.27. The van der Waals surface area contributed by atoms with E-state index >= 15 is 0 Å². The van der Waals surface area contributed by atoms with Gasteiger partial charge in [-0.2, -0.15) is 0 Å². The topological polar surface area (TPSA) is 49.8 Å². The highest BCUT2D eigenvalue weighted by molar-refractivity contribution is 6.30. The van der Waals surface area contributed by atoms with Crippen molar-refractivity contribution in [2.24, 2.45) is 0 Å². The molecule has 0 fully saturated rings. The molecule has 5 heteroatoms. The monoisotopic (exact) mass is 343 g/mol. The fourth-order valence-corrected chi connectivity index (χ4v) is 3.00. The van der Waals surface area contributed by atoms with Crippen molar-refractivity contribution in [2.75, 3.05) is 14.1 Å². The van der Waals surface area contributed by atoms with Gasteiger partial charge in [0.05, 0.1) is 11.1 Å². The molecule has 3 rings (SSSR count). The molecular formula is C19H18ClNO3. The largest absolute Gasteiger partial charge is 0.507 e. The number of aromatic hydroxyl groups is 1. The highest BCUT2D eigenvalue weighted by Gasteiger charge is 2.33. The molecule has 4 nitrogen and oxygen atoms in total. The molecule has 1 heterocycles. The first-order valence-electron chi connectivity index (χ1n) is 7.57. The van der Waals surface area contributed by atoms with Crippen molar-refractivity contribution in [1.82, 2.24) is 4.90 Å². The van der Waals surface area contributed by atoms with E-state index in [1.807, 2.05) is 31.1 Å². The summed E-state index contributed by atoms with van der Waals surface area (Å²) in [5.41, 5.74) is 2.61. The van der Waals surface area contributed by atoms with Crippen LogP contribution in [0.1, 0.15) is 27.0 Å². The van der Waals surface area contributed by atoms with E-state index in [0.29, 0.717) is 34.0 Å². The van der Waals surface area contributed by atoms with Crippen LogP contribution in [0.4, 0.5) is 0 Å². The summed E-state index contributed by atoms with van der Waals surface area (Å²) in [4.78, 5) is 14.6. The van der Waals surface area contributed by atoms with Crippen molar-refractivity contribution in [3.63, 3.8) is 0 Å². The number of halogens is 1. The van der Waals surface area contributed by atoms with E-state index in [4.69, 9.17) is 16.3 Å². The third-order valence-corrected chi connectivity index (χ3v) is 4.08. The fourth-order valence-electron chi connectivity index (χ4n) is 2.80. The number of hydrogen-bond donors (Lipinski definition) is 1. The summed E-state index contributed by atoms with van der Waals surface area (Å²) in [6.07, 6.45) is 1.67. The van der Waals surface area contributed by atoms with Crippen molar-refractivity contribution in [3.8, 4) is 11.5 Å². The maximum atomic E-state index is 12.7. The number of phenols is 1. The maximum absolute atomic E-state index is 12.7. The summed E-state index contributed by atoms with van der Waals surface area (Å²) in [5.74, 6) is 0.639. The second kappa shape index (κ2) is 6.30. The maximum Gasteiger partial charge on any atom is 0.232 e. The molecule has 0 aromatic heterocycles. The van der Waals surface area contributed by atoms with E-state index < -0.39 is 0 Å². The first kappa shape index (κ1) is 16.6. The summed E-state index contributed by atoms with van der Waals surface area (Å²) >= 11 is 5.99. The second-order valence-electron chi connectivity index (χ2n) is 6.13. The molecule has 0 saturated carbocycles. The predicted molar refractivity (Wildman–Crippen MR) is 94.6 cm³/mol. The lowest BCUT2D eigenvalue weighted by molar-refractivity contribution is 0.101. The van der Waals surface area contributed by atoms with Gasteiger partial charge in [-0.15, -0.1) is 0 Å². The Bertz CT molecular complexity index is 856. The smallest absolute Gasteiger partial charge is 0.232 e. The number of benzene rings is 2. The minimum absolute atomic E-state index is 0.136. The van der Waals surface area contributed by atoms with Crippen LogP contribution in [0.2, 0.25) is 5.02 Å². The highest BCUT2D eigenvalue weighted by Crippen LogP contribution is 2.42. The molecule has 1 aliphatic heterocycles. The number of phenolic OH excluding ortho intramolecular Hbond substituents is 1. The van der Waals surface area contributed by atoms with Crippen LogP contribution in [0, 0.1) is 6.92 Å². The lowest BCUT2D eigenvalue weighted by atomic mass is 9.99. The van der Waals surface area contributed by atoms with Gasteiger partial charge in [-0.05, 0) is 56.4 Å². The molecule has 0 spiro atoms. The van der Waals surface area contributed by atoms with Crippen molar-refractivity contribution in [2.45, 2.75) is 13.5 Å². The molecule has 0 aliphatic carbocycles. The van der Waals surface area contributed by atoms with Gasteiger partial charge in [-0.3, -0.25) is 4.79 Å². The number of carbonyl (C=O) groups excluding carboxylic acids is 1. The number of fused-ring (bicyclic) bond motifs is 1. The van der Waals surface area contributed by atoms with Crippen LogP contribution in [0.25, 0.3) is 6.08 Å². The number of rotatable bonds is 3. The zero-order chi connectivity index (χ0) is 17.4. The molecule has 124 valence electrons. The van der Waals surface area contributed by atoms with Crippen molar-refractivity contribution in [1.29, 1.82) is 0 Å². The van der Waals surface area contributed by atoms with Gasteiger partial charge in [0.2, 0.25) is 5.78 Å². The number of nitrogens with zero attached hydrogens (tertiary/aromatic N) is 1. The SMILES string of the molecule is Cc1cc(O)c(CN(C)C)c2c1C(=O)/C(=C/c1cccc(Cl)c1)O2. The second-order valence-corrected chi connectivity index (χ2v) is 6.56. The average molecular weight is 344 g/mol. The van der Waals surface area contributed by atoms with Gasteiger partial charge in [0.25, 0.3) is 0 Å². The number of Topliss-reactive ketones (excluding diaryl/α,β-unsaturated/α-hetero) is 1. The highest BCUT2D eigenvalue weighted by atomic mass is 35.5. The van der Waals surface area contributed by atoms with Gasteiger partial charge in [0, 0.05) is 11.6 Å². The Kier molecular flexibility index (Phi) is 4.35. The Morgan fingerprint density at radius 3 is 2.71 bits per heavy atom. The molecule has 0 saturated heterocycles. The number of carbonyl (C=O) groups is 1. The van der Waals surface area contributed by atoms with Crippen LogP contribution in [-0.4, -0.2) is 29.9 Å². The first-order chi connectivity index (χ1) is 11.4. The van der Waals surface area contributed by atoms with Crippen molar-refractivity contribution in [3.05, 3.63) is 63.4 Å². The molecule has 0 atom stereocenters. The van der Waals surface area contributed by atoms with E-state index in [-0.39, 0.29) is 17.3 Å². The Balaban J connectivity index is 2.08. The van der Waals surface area contributed by atoms with Crippen LogP contribution < -0.4 is 4.74 Å². The molecule has 0 amide bonds. The normalized spacial score (nSPS) is 15.0. The summed E-state index contributed by atoms with van der Waals surface area (Å²) in [7, 11) is 3.79. The van der Waals surface area contributed by atoms with Gasteiger partial charge in [-0.25, -0.2) is 0 Å². The quantitative estimate of drug-likeness (QED) is 0.855.